The number of alkyl halides is 1. The molecule has 2 aromatic rings. The molecule has 4 rings (SSSR count). The molecule has 2 aliphatic carbocycles. The Bertz CT molecular complexity index is 936. The van der Waals surface area contributed by atoms with Crippen LogP contribution < -0.4 is 4.74 Å². The molecule has 5 heteroatoms. The number of rotatable bonds is 9. The maximum Gasteiger partial charge on any atom is 0.228 e. The molecule has 0 heterocycles. The molecule has 0 bridgehead atoms. The van der Waals surface area contributed by atoms with Gasteiger partial charge in [0.05, 0.1) is 0 Å². The van der Waals surface area contributed by atoms with Crippen molar-refractivity contribution < 1.29 is 22.3 Å². The fourth-order valence-electron chi connectivity index (χ4n) is 6.48. The van der Waals surface area contributed by atoms with Crippen LogP contribution in [0.5, 0.6) is 5.75 Å². The Morgan fingerprint density at radius 1 is 0.771 bits per heavy atom. The van der Waals surface area contributed by atoms with E-state index in [1.165, 1.54) is 70.3 Å². The van der Waals surface area contributed by atoms with Gasteiger partial charge in [-0.05, 0) is 91.5 Å². The average molecular weight is 491 g/mol. The van der Waals surface area contributed by atoms with Gasteiger partial charge in [-0.15, -0.1) is 0 Å². The second-order valence-electron chi connectivity index (χ2n) is 10.7. The van der Waals surface area contributed by atoms with Crippen molar-refractivity contribution in [2.75, 3.05) is 6.86 Å². The van der Waals surface area contributed by atoms with Crippen LogP contribution in [0.3, 0.4) is 0 Å². The van der Waals surface area contributed by atoms with Crippen LogP contribution >= 0.6 is 0 Å². The molecule has 0 aromatic heterocycles. The zero-order valence-corrected chi connectivity index (χ0v) is 20.8. The minimum atomic E-state index is -1.33. The summed E-state index contributed by atoms with van der Waals surface area (Å²) in [6.07, 6.45) is 15.5. The normalized spacial score (nSPS) is 24.9. The van der Waals surface area contributed by atoms with E-state index in [2.05, 4.69) is 11.7 Å². The van der Waals surface area contributed by atoms with Crippen LogP contribution in [0, 0.1) is 35.2 Å². The van der Waals surface area contributed by atoms with Crippen LogP contribution in [0.4, 0.5) is 17.6 Å². The lowest BCUT2D eigenvalue weighted by atomic mass is 9.68. The molecule has 2 aliphatic rings. The summed E-state index contributed by atoms with van der Waals surface area (Å²) in [7, 11) is 0. The molecule has 0 spiro atoms. The summed E-state index contributed by atoms with van der Waals surface area (Å²) in [6.45, 7) is 0.933. The van der Waals surface area contributed by atoms with Crippen LogP contribution in [-0.2, 0) is 0 Å². The summed E-state index contributed by atoms with van der Waals surface area (Å²) >= 11 is 0. The van der Waals surface area contributed by atoms with E-state index in [4.69, 9.17) is 0 Å². The molecule has 1 nitrogen and oxygen atoms in total. The first-order valence-corrected chi connectivity index (χ1v) is 13.5. The summed E-state index contributed by atoms with van der Waals surface area (Å²) in [6, 6.07) is 6.96. The minimum absolute atomic E-state index is 0.0734. The van der Waals surface area contributed by atoms with Gasteiger partial charge in [-0.25, -0.2) is 17.6 Å². The molecular weight excluding hydrogens is 452 g/mol. The van der Waals surface area contributed by atoms with Crippen LogP contribution in [0.15, 0.2) is 30.3 Å². The van der Waals surface area contributed by atoms with Crippen LogP contribution in [0.1, 0.15) is 95.5 Å². The number of hydrogen-bond donors (Lipinski definition) is 0. The van der Waals surface area contributed by atoms with E-state index in [0.717, 1.165) is 48.3 Å². The highest BCUT2D eigenvalue weighted by molar-refractivity contribution is 5.66. The Morgan fingerprint density at radius 2 is 1.40 bits per heavy atom. The fourth-order valence-corrected chi connectivity index (χ4v) is 6.48. The second kappa shape index (κ2) is 12.3. The summed E-state index contributed by atoms with van der Waals surface area (Å²) in [5.74, 6) is -0.462. The number of hydrogen-bond acceptors (Lipinski definition) is 1. The molecule has 2 fully saturated rings. The first-order chi connectivity index (χ1) is 17.0. The summed E-state index contributed by atoms with van der Waals surface area (Å²) < 4.78 is 59.9. The van der Waals surface area contributed by atoms with Crippen molar-refractivity contribution in [1.29, 1.82) is 0 Å². The molecule has 0 radical (unpaired) electrons. The van der Waals surface area contributed by atoms with E-state index in [0.29, 0.717) is 5.92 Å². The summed E-state index contributed by atoms with van der Waals surface area (Å²) in [5, 5.41) is 0. The van der Waals surface area contributed by atoms with Gasteiger partial charge in [0.15, 0.2) is 17.4 Å². The van der Waals surface area contributed by atoms with Gasteiger partial charge in [0.25, 0.3) is 0 Å². The number of unbranched alkanes of at least 4 members (excludes halogenated alkanes) is 2. The molecule has 0 N–H and O–H groups in total. The van der Waals surface area contributed by atoms with E-state index in [9.17, 15) is 17.6 Å². The Labute approximate surface area is 207 Å². The van der Waals surface area contributed by atoms with Crippen molar-refractivity contribution in [2.45, 2.75) is 89.9 Å². The Hall–Kier alpha value is -2.04. The smallest absolute Gasteiger partial charge is 0.228 e. The highest BCUT2D eigenvalue weighted by Crippen LogP contribution is 2.45. The zero-order chi connectivity index (χ0) is 24.8. The lowest BCUT2D eigenvalue weighted by Crippen LogP contribution is -2.25. The van der Waals surface area contributed by atoms with Gasteiger partial charge in [-0.2, -0.15) is 0 Å². The molecule has 0 amide bonds. The fraction of sp³-hybridized carbons (Fsp3) is 0.600. The van der Waals surface area contributed by atoms with Crippen molar-refractivity contribution in [3.8, 4) is 16.9 Å². The van der Waals surface area contributed by atoms with Gasteiger partial charge in [0.1, 0.15) is 5.82 Å². The maximum absolute atomic E-state index is 15.0. The van der Waals surface area contributed by atoms with Crippen molar-refractivity contribution in [1.82, 2.24) is 0 Å². The molecule has 0 atom stereocenters. The van der Waals surface area contributed by atoms with E-state index in [-0.39, 0.29) is 11.1 Å². The van der Waals surface area contributed by atoms with Gasteiger partial charge in [-0.1, -0.05) is 57.6 Å². The standard InChI is InChI=1S/C30H38F4O/c1-2-3-4-5-20-6-8-21(9-7-20)22-10-12-23(13-11-22)24-14-15-26(27(32)16-24)25-17-28(33)30(35-19-31)29(34)18-25/h14-18,20-23H,2-13,19H2,1H3. The van der Waals surface area contributed by atoms with Crippen LogP contribution in [-0.4, -0.2) is 6.86 Å². The molecule has 192 valence electrons. The van der Waals surface area contributed by atoms with Crippen LogP contribution in [0.25, 0.3) is 11.1 Å². The highest BCUT2D eigenvalue weighted by Gasteiger charge is 2.31. The zero-order valence-electron chi connectivity index (χ0n) is 20.8. The Balaban J connectivity index is 1.33. The summed E-state index contributed by atoms with van der Waals surface area (Å²) in [5.41, 5.74) is 1.16. The van der Waals surface area contributed by atoms with Gasteiger partial charge in [0, 0.05) is 5.56 Å². The Kier molecular flexibility index (Phi) is 9.13. The molecule has 0 aliphatic heterocycles. The second-order valence-corrected chi connectivity index (χ2v) is 10.7. The predicted octanol–water partition coefficient (Wildman–Crippen LogP) is 9.74. The molecular formula is C30H38F4O. The van der Waals surface area contributed by atoms with Crippen molar-refractivity contribution in [3.05, 3.63) is 53.3 Å². The quantitative estimate of drug-likeness (QED) is 0.251. The van der Waals surface area contributed by atoms with Gasteiger partial charge >= 0.3 is 0 Å². The van der Waals surface area contributed by atoms with E-state index in [1.807, 2.05) is 6.07 Å². The Morgan fingerprint density at radius 3 is 1.97 bits per heavy atom. The van der Waals surface area contributed by atoms with Crippen molar-refractivity contribution >= 4 is 0 Å². The summed E-state index contributed by atoms with van der Waals surface area (Å²) in [4.78, 5) is 0. The SMILES string of the molecule is CCCCCC1CCC(C2CCC(c3ccc(-c4cc(F)c(OCF)c(F)c4)c(F)c3)CC2)CC1. The number of ether oxygens (including phenoxy) is 1. The third-order valence-electron chi connectivity index (χ3n) is 8.52. The predicted molar refractivity (Wildman–Crippen MR) is 133 cm³/mol. The number of halogens is 4. The van der Waals surface area contributed by atoms with Crippen molar-refractivity contribution in [2.24, 2.45) is 17.8 Å². The third kappa shape index (κ3) is 6.40. The molecule has 35 heavy (non-hydrogen) atoms. The topological polar surface area (TPSA) is 9.23 Å². The third-order valence-corrected chi connectivity index (χ3v) is 8.52. The van der Waals surface area contributed by atoms with Crippen molar-refractivity contribution in [3.63, 3.8) is 0 Å². The van der Waals surface area contributed by atoms with Gasteiger partial charge < -0.3 is 4.74 Å². The van der Waals surface area contributed by atoms with E-state index >= 15 is 0 Å². The molecule has 2 aromatic carbocycles. The molecule has 0 saturated heterocycles. The van der Waals surface area contributed by atoms with E-state index < -0.39 is 30.1 Å². The largest absolute Gasteiger partial charge is 0.457 e. The first kappa shape index (κ1) is 26.0. The van der Waals surface area contributed by atoms with E-state index in [1.54, 1.807) is 6.07 Å². The van der Waals surface area contributed by atoms with Gasteiger partial charge in [-0.3, -0.25) is 0 Å². The number of benzene rings is 2. The monoisotopic (exact) mass is 490 g/mol. The molecule has 0 unspecified atom stereocenters. The van der Waals surface area contributed by atoms with Crippen LogP contribution in [0.2, 0.25) is 0 Å². The van der Waals surface area contributed by atoms with Gasteiger partial charge in [0.2, 0.25) is 6.86 Å². The maximum atomic E-state index is 15.0. The molecule has 2 saturated carbocycles. The minimum Gasteiger partial charge on any atom is -0.457 e. The highest BCUT2D eigenvalue weighted by atomic mass is 19.1. The first-order valence-electron chi connectivity index (χ1n) is 13.5. The lowest BCUT2D eigenvalue weighted by Gasteiger charge is -2.38. The lowest BCUT2D eigenvalue weighted by molar-refractivity contribution is 0.155. The average Bonchev–Trinajstić information content (AvgIpc) is 2.87.